The highest BCUT2D eigenvalue weighted by molar-refractivity contribution is 9.08. The monoisotopic (exact) mass is 263 g/mol. The molecule has 0 spiro atoms. The molecule has 0 atom stereocenters. The summed E-state index contributed by atoms with van der Waals surface area (Å²) < 4.78 is 0. The van der Waals surface area contributed by atoms with Gasteiger partial charge in [0.15, 0.2) is 0 Å². The number of pyridine rings is 1. The lowest BCUT2D eigenvalue weighted by atomic mass is 10.0. The van der Waals surface area contributed by atoms with Crippen molar-refractivity contribution in [3.05, 3.63) is 58.5 Å². The third-order valence-electron chi connectivity index (χ3n) is 2.24. The average molecular weight is 264 g/mol. The van der Waals surface area contributed by atoms with E-state index in [4.69, 9.17) is 0 Å². The molecule has 0 aliphatic carbocycles. The number of aromatic amines is 1. The van der Waals surface area contributed by atoms with Crippen LogP contribution in [0.4, 0.5) is 0 Å². The summed E-state index contributed by atoms with van der Waals surface area (Å²) in [5, 5.41) is 0.682. The third-order valence-corrected chi connectivity index (χ3v) is 2.84. The first-order chi connectivity index (χ1) is 7.31. The van der Waals surface area contributed by atoms with Crippen molar-refractivity contribution < 1.29 is 0 Å². The Kier molecular flexibility index (Phi) is 3.02. The van der Waals surface area contributed by atoms with Crippen LogP contribution in [0, 0.1) is 0 Å². The Balaban J connectivity index is 2.58. The van der Waals surface area contributed by atoms with E-state index in [9.17, 15) is 4.79 Å². The van der Waals surface area contributed by atoms with Crippen LogP contribution in [-0.2, 0) is 5.33 Å². The van der Waals surface area contributed by atoms with Crippen LogP contribution in [-0.4, -0.2) is 4.98 Å². The van der Waals surface area contributed by atoms with Crippen LogP contribution in [0.2, 0.25) is 0 Å². The standard InChI is InChI=1S/C12H10BrNO/c13-7-10-6-12(15)14-8-11(10)9-4-2-1-3-5-9/h1-6,8H,7H2,(H,14,15). The number of alkyl halides is 1. The fourth-order valence-corrected chi connectivity index (χ4v) is 1.97. The molecule has 0 aliphatic heterocycles. The molecule has 1 N–H and O–H groups in total. The molecule has 0 fully saturated rings. The van der Waals surface area contributed by atoms with E-state index in [2.05, 4.69) is 20.9 Å². The molecule has 15 heavy (non-hydrogen) atoms. The van der Waals surface area contributed by atoms with E-state index in [-0.39, 0.29) is 5.56 Å². The van der Waals surface area contributed by atoms with E-state index in [1.165, 1.54) is 0 Å². The van der Waals surface area contributed by atoms with Gasteiger partial charge < -0.3 is 4.98 Å². The number of H-pyrrole nitrogens is 1. The van der Waals surface area contributed by atoms with Gasteiger partial charge in [0.2, 0.25) is 5.56 Å². The van der Waals surface area contributed by atoms with Gasteiger partial charge in [-0.05, 0) is 11.1 Å². The minimum Gasteiger partial charge on any atom is -0.328 e. The molecule has 0 unspecified atom stereocenters. The molecule has 2 aromatic rings. The van der Waals surface area contributed by atoms with Crippen LogP contribution in [0.15, 0.2) is 47.4 Å². The average Bonchev–Trinajstić information content (AvgIpc) is 2.30. The summed E-state index contributed by atoms with van der Waals surface area (Å²) in [5.74, 6) is 0. The Morgan fingerprint density at radius 3 is 2.60 bits per heavy atom. The topological polar surface area (TPSA) is 32.9 Å². The van der Waals surface area contributed by atoms with Gasteiger partial charge in [0.25, 0.3) is 0 Å². The molecular formula is C12H10BrNO. The van der Waals surface area contributed by atoms with Crippen molar-refractivity contribution in [2.75, 3.05) is 0 Å². The number of hydrogen-bond acceptors (Lipinski definition) is 1. The summed E-state index contributed by atoms with van der Waals surface area (Å²) in [4.78, 5) is 13.9. The van der Waals surface area contributed by atoms with Crippen molar-refractivity contribution in [1.82, 2.24) is 4.98 Å². The smallest absolute Gasteiger partial charge is 0.248 e. The second-order valence-electron chi connectivity index (χ2n) is 3.24. The molecule has 1 aromatic heterocycles. The molecule has 0 radical (unpaired) electrons. The van der Waals surface area contributed by atoms with Gasteiger partial charge in [0.1, 0.15) is 0 Å². The highest BCUT2D eigenvalue weighted by atomic mass is 79.9. The molecule has 1 aromatic carbocycles. The van der Waals surface area contributed by atoms with Crippen molar-refractivity contribution in [2.45, 2.75) is 5.33 Å². The van der Waals surface area contributed by atoms with Gasteiger partial charge in [-0.3, -0.25) is 4.79 Å². The molecule has 3 heteroatoms. The second kappa shape index (κ2) is 4.45. The van der Waals surface area contributed by atoms with Crippen LogP contribution < -0.4 is 5.56 Å². The summed E-state index contributed by atoms with van der Waals surface area (Å²) in [5.41, 5.74) is 3.12. The normalized spacial score (nSPS) is 10.2. The zero-order chi connectivity index (χ0) is 10.7. The highest BCUT2D eigenvalue weighted by Gasteiger charge is 2.03. The van der Waals surface area contributed by atoms with Crippen LogP contribution in [0.1, 0.15) is 5.56 Å². The highest BCUT2D eigenvalue weighted by Crippen LogP contribution is 2.22. The lowest BCUT2D eigenvalue weighted by Crippen LogP contribution is -2.05. The van der Waals surface area contributed by atoms with Crippen LogP contribution in [0.5, 0.6) is 0 Å². The maximum atomic E-state index is 11.2. The van der Waals surface area contributed by atoms with Gasteiger partial charge in [0.05, 0.1) is 0 Å². The van der Waals surface area contributed by atoms with E-state index in [1.807, 2.05) is 30.3 Å². The van der Waals surface area contributed by atoms with Crippen molar-refractivity contribution in [1.29, 1.82) is 0 Å². The lowest BCUT2D eigenvalue weighted by molar-refractivity contribution is 1.20. The lowest BCUT2D eigenvalue weighted by Gasteiger charge is -2.05. The first-order valence-electron chi connectivity index (χ1n) is 4.64. The molecule has 2 nitrogen and oxygen atoms in total. The Hall–Kier alpha value is -1.35. The first-order valence-corrected chi connectivity index (χ1v) is 5.76. The first kappa shape index (κ1) is 10.2. The van der Waals surface area contributed by atoms with Crippen molar-refractivity contribution in [3.8, 4) is 11.1 Å². The number of nitrogens with one attached hydrogen (secondary N) is 1. The van der Waals surface area contributed by atoms with E-state index < -0.39 is 0 Å². The number of aromatic nitrogens is 1. The number of hydrogen-bond donors (Lipinski definition) is 1. The molecular weight excluding hydrogens is 254 g/mol. The quantitative estimate of drug-likeness (QED) is 0.831. The summed E-state index contributed by atoms with van der Waals surface area (Å²) in [7, 11) is 0. The van der Waals surface area contributed by atoms with Gasteiger partial charge in [-0.15, -0.1) is 0 Å². The maximum Gasteiger partial charge on any atom is 0.248 e. The number of halogens is 1. The van der Waals surface area contributed by atoms with Gasteiger partial charge in [-0.1, -0.05) is 46.3 Å². The third kappa shape index (κ3) is 2.18. The van der Waals surface area contributed by atoms with Crippen LogP contribution >= 0.6 is 15.9 Å². The van der Waals surface area contributed by atoms with E-state index in [1.54, 1.807) is 12.3 Å². The fourth-order valence-electron chi connectivity index (χ4n) is 1.51. The summed E-state index contributed by atoms with van der Waals surface area (Å²) >= 11 is 3.39. The van der Waals surface area contributed by atoms with Gasteiger partial charge >= 0.3 is 0 Å². The van der Waals surface area contributed by atoms with Crippen molar-refractivity contribution in [3.63, 3.8) is 0 Å². The van der Waals surface area contributed by atoms with E-state index in [0.717, 1.165) is 16.7 Å². The molecule has 0 saturated heterocycles. The molecule has 0 amide bonds. The minimum atomic E-state index is -0.0656. The van der Waals surface area contributed by atoms with E-state index >= 15 is 0 Å². The summed E-state index contributed by atoms with van der Waals surface area (Å²) in [6.07, 6.45) is 1.76. The van der Waals surface area contributed by atoms with Crippen LogP contribution in [0.3, 0.4) is 0 Å². The Morgan fingerprint density at radius 1 is 1.20 bits per heavy atom. The molecule has 76 valence electrons. The van der Waals surface area contributed by atoms with Crippen molar-refractivity contribution >= 4 is 15.9 Å². The molecule has 2 rings (SSSR count). The SMILES string of the molecule is O=c1cc(CBr)c(-c2ccccc2)c[nH]1. The predicted molar refractivity (Wildman–Crippen MR) is 65.1 cm³/mol. The van der Waals surface area contributed by atoms with Crippen molar-refractivity contribution in [2.24, 2.45) is 0 Å². The zero-order valence-corrected chi connectivity index (χ0v) is 9.62. The zero-order valence-electron chi connectivity index (χ0n) is 8.03. The predicted octanol–water partition coefficient (Wildman–Crippen LogP) is 2.94. The number of rotatable bonds is 2. The maximum absolute atomic E-state index is 11.2. The Bertz CT molecular complexity index is 505. The van der Waals surface area contributed by atoms with Gasteiger partial charge in [-0.25, -0.2) is 0 Å². The largest absolute Gasteiger partial charge is 0.328 e. The van der Waals surface area contributed by atoms with Gasteiger partial charge in [-0.2, -0.15) is 0 Å². The fraction of sp³-hybridized carbons (Fsp3) is 0.0833. The van der Waals surface area contributed by atoms with Crippen LogP contribution in [0.25, 0.3) is 11.1 Å². The van der Waals surface area contributed by atoms with Gasteiger partial charge in [0, 0.05) is 23.2 Å². The minimum absolute atomic E-state index is 0.0656. The molecule has 0 aliphatic rings. The second-order valence-corrected chi connectivity index (χ2v) is 3.80. The summed E-state index contributed by atoms with van der Waals surface area (Å²) in [6.45, 7) is 0. The number of benzene rings is 1. The molecule has 1 heterocycles. The molecule has 0 saturated carbocycles. The Labute approximate surface area is 96.1 Å². The van der Waals surface area contributed by atoms with E-state index in [0.29, 0.717) is 5.33 Å². The summed E-state index contributed by atoms with van der Waals surface area (Å²) in [6, 6.07) is 11.6. The molecule has 0 bridgehead atoms. The Morgan fingerprint density at radius 2 is 1.93 bits per heavy atom.